The SMILES string of the molecule is CN(CC(=O)Nc1cccc(F)c1)CC(=O)Nc1cc(C(F)(F)F)ccc1-n1cncn1. The number of benzene rings is 2. The molecule has 1 heterocycles. The number of nitrogens with zero attached hydrogens (tertiary/aromatic N) is 4. The van der Waals surface area contributed by atoms with E-state index in [1.54, 1.807) is 0 Å². The molecule has 0 radical (unpaired) electrons. The summed E-state index contributed by atoms with van der Waals surface area (Å²) >= 11 is 0. The summed E-state index contributed by atoms with van der Waals surface area (Å²) in [6, 6.07) is 8.15. The molecule has 0 aliphatic heterocycles. The summed E-state index contributed by atoms with van der Waals surface area (Å²) in [6.45, 7) is -0.494. The van der Waals surface area contributed by atoms with Gasteiger partial charge < -0.3 is 10.6 Å². The summed E-state index contributed by atoms with van der Waals surface area (Å²) in [4.78, 5) is 29.6. The highest BCUT2D eigenvalue weighted by atomic mass is 19.4. The van der Waals surface area contributed by atoms with Crippen LogP contribution in [-0.2, 0) is 15.8 Å². The molecule has 2 amide bonds. The molecule has 0 bridgehead atoms. The number of rotatable bonds is 7. The zero-order valence-corrected chi connectivity index (χ0v) is 16.7. The molecule has 0 saturated carbocycles. The number of hydrogen-bond donors (Lipinski definition) is 2. The lowest BCUT2D eigenvalue weighted by molar-refractivity contribution is -0.137. The van der Waals surface area contributed by atoms with Crippen LogP contribution in [-0.4, -0.2) is 51.6 Å². The molecule has 0 spiro atoms. The Labute approximate surface area is 179 Å². The maximum atomic E-state index is 13.2. The molecule has 12 heteroatoms. The molecule has 3 aromatic rings. The molecule has 1 aromatic heterocycles. The van der Waals surface area contributed by atoms with E-state index in [1.165, 1.54) is 53.5 Å². The fraction of sp³-hybridized carbons (Fsp3) is 0.200. The number of carbonyl (C=O) groups is 2. The molecule has 3 rings (SSSR count). The van der Waals surface area contributed by atoms with Crippen molar-refractivity contribution < 1.29 is 27.2 Å². The van der Waals surface area contributed by atoms with E-state index in [1.807, 2.05) is 0 Å². The van der Waals surface area contributed by atoms with Crippen LogP contribution in [0.15, 0.2) is 55.1 Å². The third-order valence-electron chi connectivity index (χ3n) is 4.20. The molecule has 0 fully saturated rings. The summed E-state index contributed by atoms with van der Waals surface area (Å²) < 4.78 is 53.8. The second-order valence-corrected chi connectivity index (χ2v) is 6.85. The fourth-order valence-electron chi connectivity index (χ4n) is 2.85. The monoisotopic (exact) mass is 450 g/mol. The summed E-state index contributed by atoms with van der Waals surface area (Å²) in [7, 11) is 1.48. The van der Waals surface area contributed by atoms with Gasteiger partial charge in [0.15, 0.2) is 0 Å². The fourth-order valence-corrected chi connectivity index (χ4v) is 2.85. The number of amides is 2. The molecule has 0 atom stereocenters. The molecule has 2 aromatic carbocycles. The Morgan fingerprint density at radius 2 is 1.78 bits per heavy atom. The normalized spacial score (nSPS) is 11.4. The Balaban J connectivity index is 1.66. The molecule has 0 unspecified atom stereocenters. The standard InChI is InChI=1S/C20H18F4N6O2/c1-29(9-18(31)27-15-4-2-3-14(21)8-15)10-19(32)28-16-7-13(20(22,23)24)5-6-17(16)30-12-25-11-26-30/h2-8,11-12H,9-10H2,1H3,(H,27,31)(H,28,32). The van der Waals surface area contributed by atoms with E-state index in [0.29, 0.717) is 0 Å². The quantitative estimate of drug-likeness (QED) is 0.540. The van der Waals surface area contributed by atoms with Crippen molar-refractivity contribution in [1.82, 2.24) is 19.7 Å². The molecule has 2 N–H and O–H groups in total. The Hall–Kier alpha value is -3.80. The lowest BCUT2D eigenvalue weighted by Crippen LogP contribution is -2.36. The molecule has 0 aliphatic rings. The Kier molecular flexibility index (Phi) is 6.83. The van der Waals surface area contributed by atoms with Crippen LogP contribution in [0.25, 0.3) is 5.69 Å². The predicted octanol–water partition coefficient (Wildman–Crippen LogP) is 2.93. The van der Waals surface area contributed by atoms with Gasteiger partial charge in [-0.05, 0) is 43.4 Å². The summed E-state index contributed by atoms with van der Waals surface area (Å²) in [6.07, 6.45) is -2.12. The Morgan fingerprint density at radius 1 is 1.06 bits per heavy atom. The van der Waals surface area contributed by atoms with Gasteiger partial charge in [0, 0.05) is 5.69 Å². The van der Waals surface area contributed by atoms with E-state index in [9.17, 15) is 27.2 Å². The topological polar surface area (TPSA) is 92.2 Å². The Morgan fingerprint density at radius 3 is 2.41 bits per heavy atom. The van der Waals surface area contributed by atoms with Gasteiger partial charge in [-0.25, -0.2) is 14.1 Å². The van der Waals surface area contributed by atoms with E-state index in [-0.39, 0.29) is 30.2 Å². The maximum absolute atomic E-state index is 13.2. The highest BCUT2D eigenvalue weighted by Crippen LogP contribution is 2.33. The van der Waals surface area contributed by atoms with Gasteiger partial charge in [0.05, 0.1) is 30.0 Å². The first-order chi connectivity index (χ1) is 15.1. The lowest BCUT2D eigenvalue weighted by atomic mass is 10.1. The number of anilines is 2. The minimum atomic E-state index is -4.60. The highest BCUT2D eigenvalue weighted by Gasteiger charge is 2.31. The number of halogens is 4. The van der Waals surface area contributed by atoms with Crippen molar-refractivity contribution >= 4 is 23.2 Å². The number of aromatic nitrogens is 3. The van der Waals surface area contributed by atoms with Gasteiger partial charge in [-0.1, -0.05) is 6.07 Å². The largest absolute Gasteiger partial charge is 0.416 e. The van der Waals surface area contributed by atoms with Gasteiger partial charge in [0.1, 0.15) is 18.5 Å². The van der Waals surface area contributed by atoms with Gasteiger partial charge in [-0.2, -0.15) is 18.3 Å². The van der Waals surface area contributed by atoms with Crippen molar-refractivity contribution in [1.29, 1.82) is 0 Å². The number of nitrogens with one attached hydrogen (secondary N) is 2. The van der Waals surface area contributed by atoms with E-state index < -0.39 is 29.4 Å². The van der Waals surface area contributed by atoms with Crippen molar-refractivity contribution in [2.75, 3.05) is 30.8 Å². The van der Waals surface area contributed by atoms with Crippen molar-refractivity contribution in [3.05, 3.63) is 66.5 Å². The van der Waals surface area contributed by atoms with Crippen LogP contribution in [0.3, 0.4) is 0 Å². The third kappa shape index (κ3) is 6.11. The molecular weight excluding hydrogens is 432 g/mol. The van der Waals surface area contributed by atoms with Crippen molar-refractivity contribution in [3.8, 4) is 5.69 Å². The first-order valence-electron chi connectivity index (χ1n) is 9.22. The van der Waals surface area contributed by atoms with Crippen LogP contribution in [0.2, 0.25) is 0 Å². The smallest absolute Gasteiger partial charge is 0.325 e. The molecule has 168 valence electrons. The zero-order chi connectivity index (χ0) is 23.3. The molecule has 8 nitrogen and oxygen atoms in total. The van der Waals surface area contributed by atoms with E-state index >= 15 is 0 Å². The summed E-state index contributed by atoms with van der Waals surface area (Å²) in [5.74, 6) is -1.65. The lowest BCUT2D eigenvalue weighted by Gasteiger charge is -2.18. The minimum Gasteiger partial charge on any atom is -0.325 e. The number of hydrogen-bond acceptors (Lipinski definition) is 5. The van der Waals surface area contributed by atoms with Gasteiger partial charge in [-0.15, -0.1) is 0 Å². The van der Waals surface area contributed by atoms with Gasteiger partial charge in [0.25, 0.3) is 0 Å². The zero-order valence-electron chi connectivity index (χ0n) is 16.7. The van der Waals surface area contributed by atoms with E-state index in [4.69, 9.17) is 0 Å². The van der Waals surface area contributed by atoms with Crippen LogP contribution in [0, 0.1) is 5.82 Å². The van der Waals surface area contributed by atoms with Crippen LogP contribution in [0.1, 0.15) is 5.56 Å². The van der Waals surface area contributed by atoms with Crippen molar-refractivity contribution in [3.63, 3.8) is 0 Å². The van der Waals surface area contributed by atoms with Crippen LogP contribution >= 0.6 is 0 Å². The third-order valence-corrected chi connectivity index (χ3v) is 4.20. The van der Waals surface area contributed by atoms with E-state index in [0.717, 1.165) is 18.2 Å². The van der Waals surface area contributed by atoms with E-state index in [2.05, 4.69) is 20.7 Å². The predicted molar refractivity (Wildman–Crippen MR) is 108 cm³/mol. The van der Waals surface area contributed by atoms with Gasteiger partial charge in [-0.3, -0.25) is 14.5 Å². The first-order valence-corrected chi connectivity index (χ1v) is 9.22. The molecule has 0 aliphatic carbocycles. The maximum Gasteiger partial charge on any atom is 0.416 e. The van der Waals surface area contributed by atoms with Gasteiger partial charge >= 0.3 is 6.18 Å². The Bertz CT molecular complexity index is 1100. The number of alkyl halides is 3. The first kappa shape index (κ1) is 22.9. The average Bonchev–Trinajstić information content (AvgIpc) is 3.21. The summed E-state index contributed by atoms with van der Waals surface area (Å²) in [5.41, 5.74) is -0.614. The molecule has 0 saturated heterocycles. The second-order valence-electron chi connectivity index (χ2n) is 6.85. The van der Waals surface area contributed by atoms with Crippen LogP contribution < -0.4 is 10.6 Å². The van der Waals surface area contributed by atoms with Crippen molar-refractivity contribution in [2.24, 2.45) is 0 Å². The second kappa shape index (κ2) is 9.56. The molecule has 32 heavy (non-hydrogen) atoms. The highest BCUT2D eigenvalue weighted by molar-refractivity contribution is 5.95. The van der Waals surface area contributed by atoms with Crippen LogP contribution in [0.4, 0.5) is 28.9 Å². The average molecular weight is 450 g/mol. The molecular formula is C20H18F4N6O2. The van der Waals surface area contributed by atoms with Crippen LogP contribution in [0.5, 0.6) is 0 Å². The summed E-state index contributed by atoms with van der Waals surface area (Å²) in [5, 5.41) is 8.79. The number of carbonyl (C=O) groups excluding carboxylic acids is 2. The van der Waals surface area contributed by atoms with Gasteiger partial charge in [0.2, 0.25) is 11.8 Å². The van der Waals surface area contributed by atoms with Crippen molar-refractivity contribution in [2.45, 2.75) is 6.18 Å². The minimum absolute atomic E-state index is 0.118. The number of likely N-dealkylation sites (N-methyl/N-ethyl adjacent to an activating group) is 1.